The van der Waals surface area contributed by atoms with E-state index in [-0.39, 0.29) is 24.5 Å². The quantitative estimate of drug-likeness (QED) is 0.560. The van der Waals surface area contributed by atoms with E-state index in [1.807, 2.05) is 12.1 Å². The molecule has 3 rings (SSSR count). The highest BCUT2D eigenvalue weighted by Crippen LogP contribution is 2.21. The number of amides is 1. The molecule has 1 amide bonds. The lowest BCUT2D eigenvalue weighted by atomic mass is 10.2. The number of hydrogen-bond donors (Lipinski definition) is 0. The molecule has 1 heterocycles. The molecule has 8 heteroatoms. The molecule has 1 aromatic heterocycles. The van der Waals surface area contributed by atoms with Gasteiger partial charge in [-0.15, -0.1) is 6.42 Å². The van der Waals surface area contributed by atoms with Crippen LogP contribution in [0.2, 0.25) is 5.02 Å². The van der Waals surface area contributed by atoms with E-state index in [9.17, 15) is 13.2 Å². The van der Waals surface area contributed by atoms with E-state index >= 15 is 0 Å². The summed E-state index contributed by atoms with van der Waals surface area (Å²) in [4.78, 5) is 16.8. The zero-order valence-electron chi connectivity index (χ0n) is 14.8. The number of nitrogens with zero attached hydrogens (tertiary/aromatic N) is 2. The predicted octanol–water partition coefficient (Wildman–Crippen LogP) is 3.42. The van der Waals surface area contributed by atoms with Gasteiger partial charge in [0.05, 0.1) is 28.3 Å². The van der Waals surface area contributed by atoms with Crippen molar-refractivity contribution >= 4 is 48.9 Å². The molecule has 0 radical (unpaired) electrons. The number of carbonyl (C=O) groups excluding carboxylic acids is 1. The molecule has 0 aliphatic carbocycles. The Labute approximate surface area is 172 Å². The normalized spacial score (nSPS) is 12.2. The largest absolute Gasteiger partial charge is 0.305 e. The average Bonchev–Trinajstić information content (AvgIpc) is 2.97. The fraction of sp³-hybridized carbons (Fsp3) is 0.200. The Morgan fingerprint density at radius 1 is 1.21 bits per heavy atom. The molecule has 0 N–H and O–H groups in total. The van der Waals surface area contributed by atoms with Gasteiger partial charge in [0.25, 0.3) is 0 Å². The number of fused-ring (bicyclic) bond motifs is 1. The van der Waals surface area contributed by atoms with E-state index in [2.05, 4.69) is 10.9 Å². The summed E-state index contributed by atoms with van der Waals surface area (Å²) in [5.41, 5.74) is 1.52. The third kappa shape index (κ3) is 5.10. The highest BCUT2D eigenvalue weighted by Gasteiger charge is 2.15. The first kappa shape index (κ1) is 20.3. The molecule has 2 aromatic carbocycles. The first-order chi connectivity index (χ1) is 13.4. The highest BCUT2D eigenvalue weighted by atomic mass is 35.5. The maximum atomic E-state index is 12.3. The molecule has 28 heavy (non-hydrogen) atoms. The Kier molecular flexibility index (Phi) is 6.35. The summed E-state index contributed by atoms with van der Waals surface area (Å²) in [5.74, 6) is 1.69. The van der Waals surface area contributed by atoms with Gasteiger partial charge in [0.1, 0.15) is 0 Å². The van der Waals surface area contributed by atoms with E-state index in [4.69, 9.17) is 18.0 Å². The molecule has 5 nitrogen and oxygen atoms in total. The zero-order chi connectivity index (χ0) is 20.1. The molecular weight excluding hydrogens is 416 g/mol. The smallest absolute Gasteiger partial charge is 0.249 e. The molecule has 0 bridgehead atoms. The summed E-state index contributed by atoms with van der Waals surface area (Å²) in [6, 6.07) is 14.2. The third-order valence-corrected chi connectivity index (χ3v) is 6.85. The molecule has 0 atom stereocenters. The van der Waals surface area contributed by atoms with E-state index in [0.29, 0.717) is 15.4 Å². The van der Waals surface area contributed by atoms with Crippen LogP contribution in [0.3, 0.4) is 0 Å². The van der Waals surface area contributed by atoms with Gasteiger partial charge < -0.3 is 4.57 Å². The second-order valence-corrected chi connectivity index (χ2v) is 9.75. The minimum Gasteiger partial charge on any atom is -0.305 e. The van der Waals surface area contributed by atoms with E-state index < -0.39 is 15.7 Å². The highest BCUT2D eigenvalue weighted by molar-refractivity contribution is 7.90. The van der Waals surface area contributed by atoms with Crippen LogP contribution >= 0.6 is 22.9 Å². The summed E-state index contributed by atoms with van der Waals surface area (Å²) < 4.78 is 27.1. The van der Waals surface area contributed by atoms with Gasteiger partial charge in [-0.25, -0.2) is 8.42 Å². The van der Waals surface area contributed by atoms with Crippen LogP contribution in [0.4, 0.5) is 0 Å². The lowest BCUT2D eigenvalue weighted by molar-refractivity contribution is -0.117. The Morgan fingerprint density at radius 3 is 2.68 bits per heavy atom. The van der Waals surface area contributed by atoms with Gasteiger partial charge in [0, 0.05) is 11.4 Å². The number of rotatable bonds is 6. The second-order valence-electron chi connectivity index (χ2n) is 6.12. The number of sulfone groups is 1. The molecule has 0 aliphatic heterocycles. The first-order valence-corrected chi connectivity index (χ1v) is 11.4. The zero-order valence-corrected chi connectivity index (χ0v) is 17.2. The fourth-order valence-corrected chi connectivity index (χ4v) is 5.34. The molecule has 0 saturated heterocycles. The predicted molar refractivity (Wildman–Crippen MR) is 113 cm³/mol. The Morgan fingerprint density at radius 2 is 1.96 bits per heavy atom. The first-order valence-electron chi connectivity index (χ1n) is 8.42. The van der Waals surface area contributed by atoms with Crippen molar-refractivity contribution < 1.29 is 13.2 Å². The van der Waals surface area contributed by atoms with Crippen LogP contribution in [0.5, 0.6) is 0 Å². The van der Waals surface area contributed by atoms with E-state index in [1.54, 1.807) is 41.0 Å². The number of aromatic nitrogens is 1. The monoisotopic (exact) mass is 432 g/mol. The summed E-state index contributed by atoms with van der Waals surface area (Å²) in [5, 5.41) is 0.575. The van der Waals surface area contributed by atoms with Gasteiger partial charge in [0.15, 0.2) is 14.6 Å². The lowest BCUT2D eigenvalue weighted by Crippen LogP contribution is -2.18. The van der Waals surface area contributed by atoms with Crippen molar-refractivity contribution in [2.45, 2.75) is 18.7 Å². The van der Waals surface area contributed by atoms with Crippen molar-refractivity contribution in [3.05, 3.63) is 63.9 Å². The van der Waals surface area contributed by atoms with Crippen molar-refractivity contribution in [3.63, 3.8) is 0 Å². The molecule has 0 aliphatic rings. The van der Waals surface area contributed by atoms with Gasteiger partial charge in [-0.05, 0) is 23.8 Å². The summed E-state index contributed by atoms with van der Waals surface area (Å²) in [7, 11) is -3.41. The Balaban J connectivity index is 1.79. The van der Waals surface area contributed by atoms with Crippen molar-refractivity contribution in [1.82, 2.24) is 4.57 Å². The van der Waals surface area contributed by atoms with Crippen LogP contribution in [0.15, 0.2) is 53.5 Å². The standard InChI is InChI=1S/C20H17ClN2O3S2/c1-2-11-23-17-9-8-16(21)13-18(17)27-20(23)22-19(24)10-12-28(25,26)14-15-6-4-3-5-7-15/h1,3-9,13H,10-12,14H2. The van der Waals surface area contributed by atoms with Crippen molar-refractivity contribution in [1.29, 1.82) is 0 Å². The molecule has 144 valence electrons. The lowest BCUT2D eigenvalue weighted by Gasteiger charge is -2.03. The molecule has 0 unspecified atom stereocenters. The van der Waals surface area contributed by atoms with Gasteiger partial charge in [-0.3, -0.25) is 4.79 Å². The minimum absolute atomic E-state index is 0.0976. The second kappa shape index (κ2) is 8.74. The number of benzene rings is 2. The van der Waals surface area contributed by atoms with Gasteiger partial charge >= 0.3 is 0 Å². The Bertz CT molecular complexity index is 1220. The van der Waals surface area contributed by atoms with Gasteiger partial charge in [-0.2, -0.15) is 4.99 Å². The van der Waals surface area contributed by atoms with Gasteiger partial charge in [-0.1, -0.05) is 59.2 Å². The van der Waals surface area contributed by atoms with E-state index in [1.165, 1.54) is 11.3 Å². The summed E-state index contributed by atoms with van der Waals surface area (Å²) in [6.45, 7) is 0.250. The van der Waals surface area contributed by atoms with Gasteiger partial charge in [0.2, 0.25) is 5.91 Å². The van der Waals surface area contributed by atoms with E-state index in [0.717, 1.165) is 10.2 Å². The molecular formula is C20H17ClN2O3S2. The van der Waals surface area contributed by atoms with Crippen LogP contribution in [0.25, 0.3) is 10.2 Å². The third-order valence-electron chi connectivity index (χ3n) is 3.97. The molecule has 3 aromatic rings. The number of hydrogen-bond acceptors (Lipinski definition) is 4. The van der Waals surface area contributed by atoms with Crippen molar-refractivity contribution in [3.8, 4) is 12.3 Å². The number of terminal acetylenes is 1. The molecule has 0 fully saturated rings. The number of halogens is 1. The fourth-order valence-electron chi connectivity index (χ4n) is 2.68. The van der Waals surface area contributed by atoms with Crippen molar-refractivity contribution in [2.75, 3.05) is 5.75 Å². The van der Waals surface area contributed by atoms with Crippen LogP contribution in [0, 0.1) is 12.3 Å². The summed E-state index contributed by atoms with van der Waals surface area (Å²) >= 11 is 7.31. The topological polar surface area (TPSA) is 68.5 Å². The Hall–Kier alpha value is -2.40. The molecule has 0 saturated carbocycles. The maximum absolute atomic E-state index is 12.3. The van der Waals surface area contributed by atoms with Crippen molar-refractivity contribution in [2.24, 2.45) is 4.99 Å². The van der Waals surface area contributed by atoms with Crippen LogP contribution in [-0.2, 0) is 26.9 Å². The number of thiazole rings is 1. The van der Waals surface area contributed by atoms with Crippen LogP contribution in [-0.4, -0.2) is 24.6 Å². The molecule has 0 spiro atoms. The number of carbonyl (C=O) groups is 1. The SMILES string of the molecule is C#CCn1c(=NC(=O)CCS(=O)(=O)Cc2ccccc2)sc2cc(Cl)ccc21. The maximum Gasteiger partial charge on any atom is 0.249 e. The summed E-state index contributed by atoms with van der Waals surface area (Å²) in [6.07, 6.45) is 5.25. The average molecular weight is 433 g/mol. The van der Waals surface area contributed by atoms with Crippen LogP contribution < -0.4 is 4.80 Å². The van der Waals surface area contributed by atoms with Crippen LogP contribution in [0.1, 0.15) is 12.0 Å². The minimum atomic E-state index is -3.41.